The van der Waals surface area contributed by atoms with Crippen LogP contribution in [0.5, 0.6) is 5.75 Å². The van der Waals surface area contributed by atoms with E-state index in [0.717, 1.165) is 0 Å². The number of hydrogen-bond donors (Lipinski definition) is 2. The van der Waals surface area contributed by atoms with Crippen LogP contribution in [-0.2, 0) is 9.53 Å². The minimum atomic E-state index is -0.672. The number of esters is 1. The lowest BCUT2D eigenvalue weighted by molar-refractivity contribution is -0.112. The van der Waals surface area contributed by atoms with Crippen molar-refractivity contribution in [1.82, 2.24) is 0 Å². The summed E-state index contributed by atoms with van der Waals surface area (Å²) in [5.41, 5.74) is 0.723. The maximum Gasteiger partial charge on any atom is 0.341 e. The molecular formula is C12H13NO4. The molecule has 0 saturated heterocycles. The summed E-state index contributed by atoms with van der Waals surface area (Å²) in [6.45, 7) is 5.06. The van der Waals surface area contributed by atoms with E-state index in [9.17, 15) is 14.7 Å². The van der Waals surface area contributed by atoms with Crippen LogP contribution >= 0.6 is 0 Å². The Morgan fingerprint density at radius 1 is 1.41 bits per heavy atom. The van der Waals surface area contributed by atoms with Crippen molar-refractivity contribution in [3.63, 3.8) is 0 Å². The van der Waals surface area contributed by atoms with Crippen LogP contribution in [0.3, 0.4) is 0 Å². The number of amides is 1. The highest BCUT2D eigenvalue weighted by molar-refractivity contribution is 6.03. The van der Waals surface area contributed by atoms with Gasteiger partial charge in [-0.2, -0.15) is 0 Å². The molecule has 0 spiro atoms. The molecule has 0 fully saturated rings. The highest BCUT2D eigenvalue weighted by Gasteiger charge is 2.13. The Kier molecular flexibility index (Phi) is 3.87. The van der Waals surface area contributed by atoms with Crippen LogP contribution in [0.15, 0.2) is 30.4 Å². The molecule has 1 amide bonds. The number of hydrogen-bond acceptors (Lipinski definition) is 4. The van der Waals surface area contributed by atoms with E-state index in [1.165, 1.54) is 25.3 Å². The van der Waals surface area contributed by atoms with Crippen LogP contribution in [-0.4, -0.2) is 24.1 Å². The largest absolute Gasteiger partial charge is 0.507 e. The van der Waals surface area contributed by atoms with Crippen molar-refractivity contribution in [2.75, 3.05) is 12.4 Å². The van der Waals surface area contributed by atoms with E-state index in [1.807, 2.05) is 0 Å². The zero-order valence-corrected chi connectivity index (χ0v) is 9.61. The Morgan fingerprint density at radius 2 is 2.06 bits per heavy atom. The first-order chi connectivity index (χ1) is 7.95. The minimum Gasteiger partial charge on any atom is -0.507 e. The van der Waals surface area contributed by atoms with Gasteiger partial charge >= 0.3 is 5.97 Å². The van der Waals surface area contributed by atoms with Crippen LogP contribution in [0.2, 0.25) is 0 Å². The van der Waals surface area contributed by atoms with Gasteiger partial charge < -0.3 is 15.2 Å². The molecule has 0 bridgehead atoms. The number of carbonyl (C=O) groups excluding carboxylic acids is 2. The van der Waals surface area contributed by atoms with Crippen molar-refractivity contribution < 1.29 is 19.4 Å². The van der Waals surface area contributed by atoms with Crippen LogP contribution < -0.4 is 5.32 Å². The molecule has 0 atom stereocenters. The molecule has 17 heavy (non-hydrogen) atoms. The van der Waals surface area contributed by atoms with Gasteiger partial charge in [0.25, 0.3) is 5.91 Å². The lowest BCUT2D eigenvalue weighted by Crippen LogP contribution is -2.12. The summed E-state index contributed by atoms with van der Waals surface area (Å²) < 4.78 is 4.50. The summed E-state index contributed by atoms with van der Waals surface area (Å²) in [6, 6.07) is 4.12. The smallest absolute Gasteiger partial charge is 0.341 e. The summed E-state index contributed by atoms with van der Waals surface area (Å²) in [7, 11) is 1.21. The van der Waals surface area contributed by atoms with Gasteiger partial charge in [-0.05, 0) is 25.1 Å². The predicted octanol–water partition coefficient (Wildman–Crippen LogP) is 1.69. The topological polar surface area (TPSA) is 75.6 Å². The summed E-state index contributed by atoms with van der Waals surface area (Å²) in [5.74, 6) is -1.23. The molecule has 0 aliphatic rings. The van der Waals surface area contributed by atoms with Crippen molar-refractivity contribution in [1.29, 1.82) is 0 Å². The molecular weight excluding hydrogens is 222 g/mol. The number of nitrogens with one attached hydrogen (secondary N) is 1. The van der Waals surface area contributed by atoms with Crippen LogP contribution in [0.25, 0.3) is 0 Å². The van der Waals surface area contributed by atoms with Gasteiger partial charge in [-0.15, -0.1) is 0 Å². The van der Waals surface area contributed by atoms with Gasteiger partial charge in [-0.3, -0.25) is 4.79 Å². The first kappa shape index (κ1) is 12.8. The van der Waals surface area contributed by atoms with Gasteiger partial charge in [0.15, 0.2) is 0 Å². The van der Waals surface area contributed by atoms with E-state index in [-0.39, 0.29) is 17.2 Å². The van der Waals surface area contributed by atoms with Gasteiger partial charge in [-0.25, -0.2) is 4.79 Å². The second-order valence-electron chi connectivity index (χ2n) is 3.46. The average Bonchev–Trinajstić information content (AvgIpc) is 2.30. The Balaban J connectivity index is 3.00. The summed E-state index contributed by atoms with van der Waals surface area (Å²) in [5, 5.41) is 12.0. The molecule has 0 aliphatic carbocycles. The van der Waals surface area contributed by atoms with Crippen LogP contribution in [0, 0.1) is 0 Å². The second-order valence-corrected chi connectivity index (χ2v) is 3.46. The molecule has 1 aromatic carbocycles. The zero-order valence-electron chi connectivity index (χ0n) is 9.61. The number of phenolic OH excluding ortho intramolecular Hbond substituents is 1. The van der Waals surface area contributed by atoms with E-state index < -0.39 is 5.97 Å². The Labute approximate surface area is 98.7 Å². The van der Waals surface area contributed by atoms with Crippen LogP contribution in [0.4, 0.5) is 5.69 Å². The number of methoxy groups -OCH3 is 1. The lowest BCUT2D eigenvalue weighted by atomic mass is 10.1. The number of ether oxygens (including phenoxy) is 1. The summed E-state index contributed by atoms with van der Waals surface area (Å²) in [6.07, 6.45) is 0. The summed E-state index contributed by atoms with van der Waals surface area (Å²) >= 11 is 0. The lowest BCUT2D eigenvalue weighted by Gasteiger charge is -2.07. The fourth-order valence-corrected chi connectivity index (χ4v) is 1.13. The Bertz CT molecular complexity index is 479. The normalized spacial score (nSPS) is 9.53. The molecule has 1 rings (SSSR count). The minimum absolute atomic E-state index is 0.00739. The highest BCUT2D eigenvalue weighted by atomic mass is 16.5. The standard InChI is InChI=1S/C12H13NO4/c1-7(2)11(15)13-8-4-5-10(14)9(6-8)12(16)17-3/h4-6,14H,1H2,2-3H3,(H,13,15). The van der Waals surface area contributed by atoms with Gasteiger partial charge in [-0.1, -0.05) is 6.58 Å². The number of carbonyl (C=O) groups is 2. The molecule has 1 aromatic rings. The maximum atomic E-state index is 11.4. The van der Waals surface area contributed by atoms with E-state index >= 15 is 0 Å². The SMILES string of the molecule is C=C(C)C(=O)Nc1ccc(O)c(C(=O)OC)c1. The monoisotopic (exact) mass is 235 g/mol. The number of anilines is 1. The fourth-order valence-electron chi connectivity index (χ4n) is 1.13. The first-order valence-electron chi connectivity index (χ1n) is 4.84. The summed E-state index contributed by atoms with van der Waals surface area (Å²) in [4.78, 5) is 22.7. The Hall–Kier alpha value is -2.30. The number of phenols is 1. The molecule has 0 heterocycles. The van der Waals surface area contributed by atoms with Crippen molar-refractivity contribution in [3.05, 3.63) is 35.9 Å². The van der Waals surface area contributed by atoms with Crippen LogP contribution in [0.1, 0.15) is 17.3 Å². The molecule has 0 unspecified atom stereocenters. The van der Waals surface area contributed by atoms with Crippen molar-refractivity contribution in [3.8, 4) is 5.75 Å². The molecule has 0 saturated carbocycles. The van der Waals surface area contributed by atoms with E-state index in [1.54, 1.807) is 6.92 Å². The van der Waals surface area contributed by atoms with Crippen molar-refractivity contribution in [2.24, 2.45) is 0 Å². The van der Waals surface area contributed by atoms with E-state index in [4.69, 9.17) is 0 Å². The van der Waals surface area contributed by atoms with Gasteiger partial charge in [0.05, 0.1) is 7.11 Å². The third kappa shape index (κ3) is 3.07. The third-order valence-electron chi connectivity index (χ3n) is 2.05. The van der Waals surface area contributed by atoms with Crippen molar-refractivity contribution in [2.45, 2.75) is 6.92 Å². The fraction of sp³-hybridized carbons (Fsp3) is 0.167. The van der Waals surface area contributed by atoms with Gasteiger partial charge in [0, 0.05) is 11.3 Å². The molecule has 2 N–H and O–H groups in total. The first-order valence-corrected chi connectivity index (χ1v) is 4.84. The number of benzene rings is 1. The highest BCUT2D eigenvalue weighted by Crippen LogP contribution is 2.22. The molecule has 0 aromatic heterocycles. The average molecular weight is 235 g/mol. The zero-order chi connectivity index (χ0) is 13.0. The third-order valence-corrected chi connectivity index (χ3v) is 2.05. The quantitative estimate of drug-likeness (QED) is 0.475. The maximum absolute atomic E-state index is 11.4. The molecule has 5 heteroatoms. The van der Waals surface area contributed by atoms with Gasteiger partial charge in [0.1, 0.15) is 11.3 Å². The molecule has 0 radical (unpaired) electrons. The molecule has 5 nitrogen and oxygen atoms in total. The van der Waals surface area contributed by atoms with Gasteiger partial charge in [0.2, 0.25) is 0 Å². The Morgan fingerprint density at radius 3 is 2.59 bits per heavy atom. The van der Waals surface area contributed by atoms with Crippen molar-refractivity contribution >= 4 is 17.6 Å². The molecule has 0 aliphatic heterocycles. The number of aromatic hydroxyl groups is 1. The predicted molar refractivity (Wildman–Crippen MR) is 62.9 cm³/mol. The second kappa shape index (κ2) is 5.16. The molecule has 90 valence electrons. The van der Waals surface area contributed by atoms with E-state index in [2.05, 4.69) is 16.6 Å². The van der Waals surface area contributed by atoms with E-state index in [0.29, 0.717) is 11.3 Å². The number of rotatable bonds is 3.